The number of hydrogen-bond donors (Lipinski definition) is 0. The maximum absolute atomic E-state index is 13.9. The average molecular weight is 344 g/mol. The van der Waals surface area contributed by atoms with Crippen molar-refractivity contribution >= 4 is 34.7 Å². The zero-order chi connectivity index (χ0) is 16.7. The number of hydrogen-bond acceptors (Lipinski definition) is 2. The summed E-state index contributed by atoms with van der Waals surface area (Å²) in [4.78, 5) is 3.61. The average Bonchev–Trinajstić information content (AvgIpc) is 2.55. The van der Waals surface area contributed by atoms with Gasteiger partial charge in [0.2, 0.25) is 0 Å². The molecule has 0 unspecified atom stereocenters. The van der Waals surface area contributed by atoms with Gasteiger partial charge in [-0.05, 0) is 54.9 Å². The summed E-state index contributed by atoms with van der Waals surface area (Å²) in [7, 11) is 0. The van der Waals surface area contributed by atoms with E-state index in [0.717, 1.165) is 12.0 Å². The minimum atomic E-state index is -0.561. The molecule has 0 atom stereocenters. The van der Waals surface area contributed by atoms with Crippen molar-refractivity contribution in [3.8, 4) is 11.8 Å². The molecule has 0 saturated carbocycles. The van der Waals surface area contributed by atoms with E-state index >= 15 is 0 Å². The van der Waals surface area contributed by atoms with Gasteiger partial charge in [0.15, 0.2) is 5.82 Å². The van der Waals surface area contributed by atoms with Crippen LogP contribution in [0.4, 0.5) is 10.1 Å². The maximum Gasteiger partial charge on any atom is 0.152 e. The molecule has 0 aromatic heterocycles. The van der Waals surface area contributed by atoms with Gasteiger partial charge in [0.1, 0.15) is 5.69 Å². The van der Waals surface area contributed by atoms with Crippen LogP contribution >= 0.6 is 23.8 Å². The summed E-state index contributed by atoms with van der Waals surface area (Å²) in [5.41, 5.74) is 2.66. The van der Waals surface area contributed by atoms with Gasteiger partial charge in [-0.15, -0.1) is 0 Å². The Morgan fingerprint density at radius 1 is 1.13 bits per heavy atom. The number of halogens is 2. The number of nitrogens with zero attached hydrogens (tertiary/aromatic N) is 1. The highest BCUT2D eigenvalue weighted by Crippen LogP contribution is 2.28. The van der Waals surface area contributed by atoms with Gasteiger partial charge in [-0.25, -0.2) is 4.39 Å². The fourth-order valence-electron chi connectivity index (χ4n) is 2.07. The molecule has 0 aliphatic carbocycles. The summed E-state index contributed by atoms with van der Waals surface area (Å²) in [5, 5.41) is 2.28. The molecule has 0 radical (unpaired) electrons. The van der Waals surface area contributed by atoms with Crippen LogP contribution < -0.4 is 0 Å². The monoisotopic (exact) mass is 343 g/mol. The molecule has 0 amide bonds. The smallest absolute Gasteiger partial charge is 0.152 e. The predicted octanol–water partition coefficient (Wildman–Crippen LogP) is 5.96. The molecular formula is C19H15ClFNS. The fraction of sp³-hybridized carbons (Fsp3) is 0.211. The fourth-order valence-corrected chi connectivity index (χ4v) is 2.41. The van der Waals surface area contributed by atoms with Crippen LogP contribution in [0, 0.1) is 17.7 Å². The third-order valence-corrected chi connectivity index (χ3v) is 3.68. The Balaban J connectivity index is 2.20. The summed E-state index contributed by atoms with van der Waals surface area (Å²) in [6.45, 7) is 2.17. The van der Waals surface area contributed by atoms with E-state index in [1.54, 1.807) is 6.07 Å². The third-order valence-electron chi connectivity index (χ3n) is 3.30. The zero-order valence-electron chi connectivity index (χ0n) is 12.7. The Labute approximate surface area is 146 Å². The lowest BCUT2D eigenvalue weighted by Crippen LogP contribution is -1.85. The number of rotatable bonds is 4. The van der Waals surface area contributed by atoms with Crippen LogP contribution in [0.3, 0.4) is 0 Å². The van der Waals surface area contributed by atoms with Crippen molar-refractivity contribution in [1.82, 2.24) is 0 Å². The molecule has 2 rings (SSSR count). The summed E-state index contributed by atoms with van der Waals surface area (Å²) >= 11 is 10.4. The first kappa shape index (κ1) is 17.4. The molecule has 23 heavy (non-hydrogen) atoms. The molecule has 4 heteroatoms. The van der Waals surface area contributed by atoms with Crippen molar-refractivity contribution in [1.29, 1.82) is 0 Å². The van der Waals surface area contributed by atoms with Crippen LogP contribution in [0.15, 0.2) is 41.4 Å². The van der Waals surface area contributed by atoms with Gasteiger partial charge < -0.3 is 0 Å². The van der Waals surface area contributed by atoms with Crippen LogP contribution in [0.25, 0.3) is 0 Å². The van der Waals surface area contributed by atoms with Gasteiger partial charge >= 0.3 is 0 Å². The topological polar surface area (TPSA) is 12.4 Å². The largest absolute Gasteiger partial charge is 0.204 e. The second-order valence-electron chi connectivity index (χ2n) is 5.04. The minimum absolute atomic E-state index is 0.00695. The first-order chi connectivity index (χ1) is 11.1. The summed E-state index contributed by atoms with van der Waals surface area (Å²) < 4.78 is 13.9. The lowest BCUT2D eigenvalue weighted by molar-refractivity contribution is 0.630. The lowest BCUT2D eigenvalue weighted by atomic mass is 10.1. The molecular weight excluding hydrogens is 329 g/mol. The summed E-state index contributed by atoms with van der Waals surface area (Å²) in [5.74, 6) is 5.36. The first-order valence-electron chi connectivity index (χ1n) is 7.32. The lowest BCUT2D eigenvalue weighted by Gasteiger charge is -2.00. The highest BCUT2D eigenvalue weighted by molar-refractivity contribution is 7.78. The van der Waals surface area contributed by atoms with Crippen molar-refractivity contribution < 1.29 is 4.39 Å². The molecule has 2 aromatic carbocycles. The SMILES string of the molecule is CCCCc1ccc(C#Cc2cc(F)c(N=C=S)c(Cl)c2)cc1. The molecule has 0 bridgehead atoms. The molecule has 0 saturated heterocycles. The first-order valence-corrected chi connectivity index (χ1v) is 8.10. The van der Waals surface area contributed by atoms with Crippen LogP contribution in [0.2, 0.25) is 5.02 Å². The molecule has 0 fully saturated rings. The number of benzene rings is 2. The summed E-state index contributed by atoms with van der Waals surface area (Å²) in [6, 6.07) is 11.0. The molecule has 0 aliphatic rings. The van der Waals surface area contributed by atoms with Crippen molar-refractivity contribution in [2.24, 2.45) is 4.99 Å². The Morgan fingerprint density at radius 2 is 1.83 bits per heavy atom. The number of unbranched alkanes of at least 4 members (excludes halogenated alkanes) is 1. The van der Waals surface area contributed by atoms with E-state index < -0.39 is 5.82 Å². The molecule has 0 heterocycles. The quantitative estimate of drug-likeness (QED) is 0.379. The van der Waals surface area contributed by atoms with E-state index in [4.69, 9.17) is 11.6 Å². The van der Waals surface area contributed by atoms with Crippen molar-refractivity contribution in [3.63, 3.8) is 0 Å². The van der Waals surface area contributed by atoms with Gasteiger partial charge in [0, 0.05) is 11.1 Å². The third kappa shape index (κ3) is 5.01. The normalized spacial score (nSPS) is 9.70. The molecule has 0 aliphatic heterocycles. The second kappa shape index (κ2) is 8.60. The Kier molecular flexibility index (Phi) is 6.50. The molecule has 2 aromatic rings. The highest BCUT2D eigenvalue weighted by atomic mass is 35.5. The van der Waals surface area contributed by atoms with Gasteiger partial charge in [-0.1, -0.05) is 48.9 Å². The number of isothiocyanates is 1. The van der Waals surface area contributed by atoms with Gasteiger partial charge in [0.05, 0.1) is 10.2 Å². The van der Waals surface area contributed by atoms with Crippen molar-refractivity contribution in [2.45, 2.75) is 26.2 Å². The Morgan fingerprint density at radius 3 is 2.43 bits per heavy atom. The van der Waals surface area contributed by atoms with E-state index in [1.807, 2.05) is 12.1 Å². The maximum atomic E-state index is 13.9. The standard InChI is InChI=1S/C19H15ClFNS/c1-2-3-4-14-5-7-15(8-6-14)9-10-16-11-17(20)19(22-13-23)18(21)12-16/h5-8,11-12H,2-4H2,1H3. The molecule has 1 nitrogen and oxygen atoms in total. The van der Waals surface area contributed by atoms with Crippen molar-refractivity contribution in [3.05, 3.63) is 63.9 Å². The summed E-state index contributed by atoms with van der Waals surface area (Å²) in [6.07, 6.45) is 3.43. The van der Waals surface area contributed by atoms with E-state index in [-0.39, 0.29) is 10.7 Å². The molecule has 0 N–H and O–H groups in total. The zero-order valence-corrected chi connectivity index (χ0v) is 14.3. The minimum Gasteiger partial charge on any atom is -0.204 e. The Bertz CT molecular complexity index is 773. The van der Waals surface area contributed by atoms with E-state index in [1.165, 1.54) is 24.5 Å². The van der Waals surface area contributed by atoms with Crippen LogP contribution in [-0.2, 0) is 6.42 Å². The van der Waals surface area contributed by atoms with Crippen LogP contribution in [0.5, 0.6) is 0 Å². The van der Waals surface area contributed by atoms with E-state index in [9.17, 15) is 4.39 Å². The van der Waals surface area contributed by atoms with Crippen LogP contribution in [0.1, 0.15) is 36.5 Å². The highest BCUT2D eigenvalue weighted by Gasteiger charge is 2.07. The van der Waals surface area contributed by atoms with E-state index in [0.29, 0.717) is 5.56 Å². The van der Waals surface area contributed by atoms with Gasteiger partial charge in [0.25, 0.3) is 0 Å². The number of thiocarbonyl (C=S) groups is 1. The predicted molar refractivity (Wildman–Crippen MR) is 97.1 cm³/mol. The Hall–Kier alpha value is -1.98. The van der Waals surface area contributed by atoms with Crippen molar-refractivity contribution in [2.75, 3.05) is 0 Å². The second-order valence-corrected chi connectivity index (χ2v) is 5.63. The van der Waals surface area contributed by atoms with Gasteiger partial charge in [-0.2, -0.15) is 4.99 Å². The van der Waals surface area contributed by atoms with Gasteiger partial charge in [-0.3, -0.25) is 0 Å². The van der Waals surface area contributed by atoms with Crippen LogP contribution in [-0.4, -0.2) is 5.16 Å². The number of aliphatic imine (C=N–C) groups is 1. The number of aryl methyl sites for hydroxylation is 1. The molecule has 116 valence electrons. The van der Waals surface area contributed by atoms with E-state index in [2.05, 4.69) is 53.3 Å². The molecule has 0 spiro atoms.